The van der Waals surface area contributed by atoms with Gasteiger partial charge in [0, 0.05) is 6.54 Å². The zero-order valence-corrected chi connectivity index (χ0v) is 5.22. The molecule has 3 nitrogen and oxygen atoms in total. The number of rotatable bonds is 2. The minimum Gasteiger partial charge on any atom is -0.350 e. The van der Waals surface area contributed by atoms with Crippen molar-refractivity contribution in [2.24, 2.45) is 11.7 Å². The Kier molecular flexibility index (Phi) is 2.99. The van der Waals surface area contributed by atoms with Crippen molar-refractivity contribution in [3.05, 3.63) is 0 Å². The molecule has 0 aliphatic carbocycles. The number of carbonyl (C=O) groups excluding carboxylic acids is 1. The molecule has 47 valence electrons. The van der Waals surface area contributed by atoms with Crippen LogP contribution in [-0.4, -0.2) is 12.6 Å². The second-order valence-corrected chi connectivity index (χ2v) is 2.07. The summed E-state index contributed by atoms with van der Waals surface area (Å²) in [6, 6.07) is -0.571. The molecule has 0 aromatic rings. The lowest BCUT2D eigenvalue weighted by Crippen LogP contribution is -2.25. The molecule has 0 fully saturated rings. The van der Waals surface area contributed by atoms with Gasteiger partial charge in [0.15, 0.2) is 0 Å². The average molecular weight is 115 g/mol. The van der Waals surface area contributed by atoms with E-state index in [0.29, 0.717) is 12.5 Å². The zero-order valence-electron chi connectivity index (χ0n) is 5.22. The van der Waals surface area contributed by atoms with Crippen LogP contribution in [0.15, 0.2) is 0 Å². The summed E-state index contributed by atoms with van der Waals surface area (Å²) in [7, 11) is 0. The third-order valence-electron chi connectivity index (χ3n) is 0.612. The minimum atomic E-state index is -0.571. The highest BCUT2D eigenvalue weighted by atomic mass is 16.2. The molecule has 0 saturated carbocycles. The first-order chi connectivity index (χ1) is 3.63. The predicted octanol–water partition coefficient (Wildman–Crippen LogP) is 0.326. The lowest BCUT2D eigenvalue weighted by atomic mass is 10.2. The largest absolute Gasteiger partial charge is 0.350 e. The Labute approximate surface area is 49.3 Å². The van der Waals surface area contributed by atoms with E-state index in [0.717, 1.165) is 0 Å². The van der Waals surface area contributed by atoms with E-state index in [9.17, 15) is 4.79 Å². The maximum absolute atomic E-state index is 9.96. The summed E-state index contributed by atoms with van der Waals surface area (Å²) < 4.78 is 0. The van der Waals surface area contributed by atoms with E-state index in [1.54, 1.807) is 0 Å². The van der Waals surface area contributed by atoms with Crippen molar-refractivity contribution in [1.29, 1.82) is 0 Å². The van der Waals surface area contributed by atoms with Crippen LogP contribution in [0.1, 0.15) is 13.8 Å². The second-order valence-electron chi connectivity index (χ2n) is 2.07. The third kappa shape index (κ3) is 5.27. The zero-order chi connectivity index (χ0) is 6.57. The van der Waals surface area contributed by atoms with E-state index in [1.165, 1.54) is 0 Å². The molecule has 0 spiro atoms. The molecule has 0 rings (SSSR count). The van der Waals surface area contributed by atoms with Crippen LogP contribution in [-0.2, 0) is 0 Å². The Morgan fingerprint density at radius 3 is 2.38 bits per heavy atom. The van der Waals surface area contributed by atoms with Crippen molar-refractivity contribution >= 4 is 6.03 Å². The Morgan fingerprint density at radius 1 is 1.75 bits per heavy atom. The number of primary amides is 1. The molecule has 0 aliphatic heterocycles. The van der Waals surface area contributed by atoms with Crippen molar-refractivity contribution in [3.8, 4) is 0 Å². The number of nitrogens with zero attached hydrogens (tertiary/aromatic N) is 1. The normalized spacial score (nSPS) is 9.38. The van der Waals surface area contributed by atoms with Crippen molar-refractivity contribution in [2.75, 3.05) is 6.54 Å². The molecule has 8 heavy (non-hydrogen) atoms. The van der Waals surface area contributed by atoms with E-state index in [4.69, 9.17) is 5.73 Å². The summed E-state index contributed by atoms with van der Waals surface area (Å²) in [5.41, 5.74) is 4.74. The molecule has 0 unspecified atom stereocenters. The Morgan fingerprint density at radius 2 is 2.25 bits per heavy atom. The molecule has 0 saturated heterocycles. The lowest BCUT2D eigenvalue weighted by molar-refractivity contribution is 0.247. The van der Waals surface area contributed by atoms with Gasteiger partial charge >= 0.3 is 6.03 Å². The van der Waals surface area contributed by atoms with E-state index < -0.39 is 6.03 Å². The van der Waals surface area contributed by atoms with Crippen molar-refractivity contribution < 1.29 is 4.79 Å². The van der Waals surface area contributed by atoms with Crippen LogP contribution in [0.2, 0.25) is 0 Å². The number of urea groups is 1. The summed E-state index contributed by atoms with van der Waals surface area (Å²) in [4.78, 5) is 9.96. The maximum Gasteiger partial charge on any atom is 0.333 e. The maximum atomic E-state index is 9.96. The van der Waals surface area contributed by atoms with Crippen LogP contribution in [0.3, 0.4) is 0 Å². The average Bonchev–Trinajstić information content (AvgIpc) is 1.61. The van der Waals surface area contributed by atoms with Gasteiger partial charge < -0.3 is 5.73 Å². The van der Waals surface area contributed by atoms with E-state index >= 15 is 0 Å². The van der Waals surface area contributed by atoms with Crippen molar-refractivity contribution in [3.63, 3.8) is 0 Å². The highest BCUT2D eigenvalue weighted by molar-refractivity contribution is 5.71. The molecular weight excluding hydrogens is 104 g/mol. The van der Waals surface area contributed by atoms with Gasteiger partial charge in [-0.25, -0.2) is 10.1 Å². The predicted molar refractivity (Wildman–Crippen MR) is 31.4 cm³/mol. The molecule has 3 heteroatoms. The van der Waals surface area contributed by atoms with Gasteiger partial charge in [-0.3, -0.25) is 0 Å². The summed E-state index contributed by atoms with van der Waals surface area (Å²) in [6.45, 7) is 4.49. The summed E-state index contributed by atoms with van der Waals surface area (Å²) in [6.07, 6.45) is 0. The van der Waals surface area contributed by atoms with Gasteiger partial charge in [0.2, 0.25) is 0 Å². The first-order valence-corrected chi connectivity index (χ1v) is 2.60. The Hall–Kier alpha value is -0.730. The SMILES string of the molecule is CC(C)C[N]C(N)=O. The lowest BCUT2D eigenvalue weighted by Gasteiger charge is -1.99. The number of hydrogen-bond donors (Lipinski definition) is 1. The van der Waals surface area contributed by atoms with Gasteiger partial charge in [0.05, 0.1) is 0 Å². The van der Waals surface area contributed by atoms with Crippen LogP contribution in [0.4, 0.5) is 4.79 Å². The van der Waals surface area contributed by atoms with E-state index in [-0.39, 0.29) is 0 Å². The van der Waals surface area contributed by atoms with Crippen LogP contribution in [0.5, 0.6) is 0 Å². The first kappa shape index (κ1) is 7.27. The van der Waals surface area contributed by atoms with Gasteiger partial charge in [0.25, 0.3) is 0 Å². The van der Waals surface area contributed by atoms with Crippen LogP contribution in [0, 0.1) is 5.92 Å². The second kappa shape index (κ2) is 3.29. The van der Waals surface area contributed by atoms with Gasteiger partial charge in [-0.2, -0.15) is 0 Å². The summed E-state index contributed by atoms with van der Waals surface area (Å²) in [5, 5.41) is 3.46. The Balaban J connectivity index is 3.05. The third-order valence-corrected chi connectivity index (χ3v) is 0.612. The number of carbonyl (C=O) groups is 1. The molecular formula is C5H11N2O. The Bertz CT molecular complexity index is 80.5. The summed E-state index contributed by atoms with van der Waals surface area (Å²) >= 11 is 0. The van der Waals surface area contributed by atoms with Crippen LogP contribution >= 0.6 is 0 Å². The number of amides is 2. The quantitative estimate of drug-likeness (QED) is 0.553. The molecule has 0 aromatic carbocycles. The molecule has 2 amide bonds. The van der Waals surface area contributed by atoms with Gasteiger partial charge in [0.1, 0.15) is 0 Å². The minimum absolute atomic E-state index is 0.419. The molecule has 2 N–H and O–H groups in total. The smallest absolute Gasteiger partial charge is 0.333 e. The fourth-order valence-electron chi connectivity index (χ4n) is 0.273. The molecule has 0 heterocycles. The van der Waals surface area contributed by atoms with Crippen molar-refractivity contribution in [1.82, 2.24) is 5.32 Å². The van der Waals surface area contributed by atoms with Gasteiger partial charge in [-0.1, -0.05) is 13.8 Å². The monoisotopic (exact) mass is 115 g/mol. The van der Waals surface area contributed by atoms with Crippen LogP contribution < -0.4 is 11.1 Å². The number of hydrogen-bond acceptors (Lipinski definition) is 1. The molecule has 0 aliphatic rings. The molecule has 0 aromatic heterocycles. The molecule has 1 radical (unpaired) electrons. The topological polar surface area (TPSA) is 57.2 Å². The first-order valence-electron chi connectivity index (χ1n) is 2.60. The van der Waals surface area contributed by atoms with E-state index in [2.05, 4.69) is 5.32 Å². The number of nitrogens with two attached hydrogens (primary N) is 1. The van der Waals surface area contributed by atoms with Crippen LogP contribution in [0.25, 0.3) is 0 Å². The molecule has 0 bridgehead atoms. The summed E-state index contributed by atoms with van der Waals surface area (Å²) in [5.74, 6) is 0.419. The van der Waals surface area contributed by atoms with Gasteiger partial charge in [-0.15, -0.1) is 0 Å². The van der Waals surface area contributed by atoms with Crippen molar-refractivity contribution in [2.45, 2.75) is 13.8 Å². The highest BCUT2D eigenvalue weighted by Crippen LogP contribution is 1.86. The van der Waals surface area contributed by atoms with Gasteiger partial charge in [-0.05, 0) is 5.92 Å². The van der Waals surface area contributed by atoms with E-state index in [1.807, 2.05) is 13.8 Å². The fourth-order valence-corrected chi connectivity index (χ4v) is 0.273. The highest BCUT2D eigenvalue weighted by Gasteiger charge is 1.95. The standard InChI is InChI=1S/C5H11N2O/c1-4(2)3-7-5(6)8/h4H,3H2,1-2H3,(H2,6,8). The molecule has 0 atom stereocenters. The fraction of sp³-hybridized carbons (Fsp3) is 0.800.